The Morgan fingerprint density at radius 2 is 2.17 bits per heavy atom. The minimum Gasteiger partial charge on any atom is -0.478 e. The van der Waals surface area contributed by atoms with E-state index in [0.29, 0.717) is 18.7 Å². The predicted octanol–water partition coefficient (Wildman–Crippen LogP) is 3.89. The number of halogens is 3. The van der Waals surface area contributed by atoms with Crippen molar-refractivity contribution >= 4 is 23.6 Å². The highest BCUT2D eigenvalue weighted by Crippen LogP contribution is 2.25. The van der Waals surface area contributed by atoms with Crippen molar-refractivity contribution in [1.29, 1.82) is 0 Å². The number of aliphatic carboxylic acids is 1. The molecule has 0 saturated carbocycles. The highest BCUT2D eigenvalue weighted by molar-refractivity contribution is 6.17. The van der Waals surface area contributed by atoms with E-state index >= 15 is 0 Å². The third kappa shape index (κ3) is 4.45. The fraction of sp³-hybridized carbons (Fsp3) is 0.308. The number of benzene rings is 1. The van der Waals surface area contributed by atoms with Gasteiger partial charge in [-0.1, -0.05) is 12.1 Å². The summed E-state index contributed by atoms with van der Waals surface area (Å²) in [6, 6.07) is 4.61. The first kappa shape index (κ1) is 14.6. The van der Waals surface area contributed by atoms with Crippen molar-refractivity contribution in [1.82, 2.24) is 0 Å². The van der Waals surface area contributed by atoms with Gasteiger partial charge in [-0.05, 0) is 36.1 Å². The van der Waals surface area contributed by atoms with Gasteiger partial charge >= 0.3 is 5.97 Å². The van der Waals surface area contributed by atoms with Crippen LogP contribution in [-0.4, -0.2) is 17.0 Å². The number of carboxylic acid groups (broad SMARTS) is 1. The molecule has 0 aliphatic rings. The fourth-order valence-corrected chi connectivity index (χ4v) is 1.69. The van der Waals surface area contributed by atoms with E-state index in [4.69, 9.17) is 16.7 Å². The number of carbonyl (C=O) groups is 1. The van der Waals surface area contributed by atoms with Crippen LogP contribution in [-0.2, 0) is 11.2 Å². The van der Waals surface area contributed by atoms with Gasteiger partial charge in [-0.3, -0.25) is 0 Å². The molecule has 1 rings (SSSR count). The lowest BCUT2D eigenvalue weighted by molar-refractivity contribution is -0.131. The maximum absolute atomic E-state index is 12.8. The van der Waals surface area contributed by atoms with Crippen molar-refractivity contribution in [3.05, 3.63) is 41.0 Å². The summed E-state index contributed by atoms with van der Waals surface area (Å²) in [6.45, 7) is 0. The second-order valence-corrected chi connectivity index (χ2v) is 4.11. The third-order valence-electron chi connectivity index (χ3n) is 2.39. The molecule has 0 aromatic heterocycles. The molecular weight excluding hydrogens is 262 g/mol. The Bertz CT molecular complexity index is 445. The fourth-order valence-electron chi connectivity index (χ4n) is 1.55. The van der Waals surface area contributed by atoms with Crippen LogP contribution in [0, 0.1) is 0 Å². The maximum atomic E-state index is 12.8. The molecule has 0 bridgehead atoms. The van der Waals surface area contributed by atoms with Crippen molar-refractivity contribution in [2.75, 3.05) is 5.88 Å². The highest BCUT2D eigenvalue weighted by atomic mass is 35.5. The largest absolute Gasteiger partial charge is 0.478 e. The van der Waals surface area contributed by atoms with Gasteiger partial charge in [0.05, 0.1) is 0 Å². The molecule has 0 radical (unpaired) electrons. The van der Waals surface area contributed by atoms with Crippen LogP contribution in [0.2, 0.25) is 0 Å². The van der Waals surface area contributed by atoms with E-state index in [2.05, 4.69) is 0 Å². The maximum Gasteiger partial charge on any atom is 0.328 e. The van der Waals surface area contributed by atoms with Crippen molar-refractivity contribution < 1.29 is 18.7 Å². The first-order chi connectivity index (χ1) is 8.54. The average molecular weight is 275 g/mol. The summed E-state index contributed by atoms with van der Waals surface area (Å²) in [4.78, 5) is 10.4. The van der Waals surface area contributed by atoms with Crippen LogP contribution in [0.25, 0.3) is 6.08 Å². The van der Waals surface area contributed by atoms with Crippen LogP contribution >= 0.6 is 11.6 Å². The number of rotatable bonds is 6. The van der Waals surface area contributed by atoms with Gasteiger partial charge in [0.15, 0.2) is 0 Å². The zero-order chi connectivity index (χ0) is 13.5. The number of carboxylic acids is 1. The molecule has 0 fully saturated rings. The first-order valence-electron chi connectivity index (χ1n) is 5.42. The first-order valence-corrected chi connectivity index (χ1v) is 5.96. The number of hydrogen-bond acceptors (Lipinski definition) is 1. The molecule has 1 aromatic carbocycles. The lowest BCUT2D eigenvalue weighted by Gasteiger charge is -2.08. The standard InChI is InChI=1S/C13H13ClF2O2/c14-7-1-2-9-3-4-10(5-6-12(17)18)11(8-9)13(15)16/h3-6,8,13H,1-2,7H2,(H,17,18)/b6-5+. The average Bonchev–Trinajstić information content (AvgIpc) is 2.34. The molecule has 1 N–H and O–H groups in total. The normalized spacial score (nSPS) is 11.3. The molecule has 0 aliphatic heterocycles. The molecule has 0 saturated heterocycles. The van der Waals surface area contributed by atoms with Crippen LogP contribution in [0.1, 0.15) is 29.5 Å². The minimum absolute atomic E-state index is 0.153. The number of aryl methyl sites for hydroxylation is 1. The summed E-state index contributed by atoms with van der Waals surface area (Å²) >= 11 is 5.55. The summed E-state index contributed by atoms with van der Waals surface area (Å²) in [5.41, 5.74) is 0.847. The molecule has 2 nitrogen and oxygen atoms in total. The van der Waals surface area contributed by atoms with E-state index in [1.54, 1.807) is 6.07 Å². The lowest BCUT2D eigenvalue weighted by Crippen LogP contribution is -1.95. The molecule has 0 amide bonds. The summed E-state index contributed by atoms with van der Waals surface area (Å²) in [5, 5.41) is 8.49. The van der Waals surface area contributed by atoms with Gasteiger partial charge in [0, 0.05) is 17.5 Å². The van der Waals surface area contributed by atoms with E-state index in [1.807, 2.05) is 0 Å². The van der Waals surface area contributed by atoms with Gasteiger partial charge < -0.3 is 5.11 Å². The Kier molecular flexibility index (Phi) is 5.78. The van der Waals surface area contributed by atoms with E-state index in [9.17, 15) is 13.6 Å². The van der Waals surface area contributed by atoms with E-state index in [1.165, 1.54) is 18.2 Å². The quantitative estimate of drug-likeness (QED) is 0.631. The van der Waals surface area contributed by atoms with Gasteiger partial charge in [-0.15, -0.1) is 11.6 Å². The summed E-state index contributed by atoms with van der Waals surface area (Å²) in [6.07, 6.45) is 0.740. The van der Waals surface area contributed by atoms with Crippen LogP contribution in [0.5, 0.6) is 0 Å². The van der Waals surface area contributed by atoms with Gasteiger partial charge in [-0.2, -0.15) is 0 Å². The van der Waals surface area contributed by atoms with Gasteiger partial charge in [0.1, 0.15) is 0 Å². The molecule has 0 unspecified atom stereocenters. The highest BCUT2D eigenvalue weighted by Gasteiger charge is 2.12. The lowest BCUT2D eigenvalue weighted by atomic mass is 10.0. The summed E-state index contributed by atoms with van der Waals surface area (Å²) in [7, 11) is 0. The second kappa shape index (κ2) is 7.11. The van der Waals surface area contributed by atoms with E-state index in [-0.39, 0.29) is 11.1 Å². The zero-order valence-electron chi connectivity index (χ0n) is 9.57. The Labute approximate surface area is 109 Å². The van der Waals surface area contributed by atoms with Crippen molar-refractivity contribution in [2.24, 2.45) is 0 Å². The van der Waals surface area contributed by atoms with Crippen LogP contribution in [0.15, 0.2) is 24.3 Å². The molecule has 1 aromatic rings. The zero-order valence-corrected chi connectivity index (χ0v) is 10.3. The molecule has 0 heterocycles. The van der Waals surface area contributed by atoms with Gasteiger partial charge in [0.2, 0.25) is 0 Å². The number of hydrogen-bond donors (Lipinski definition) is 1. The monoisotopic (exact) mass is 274 g/mol. The summed E-state index contributed by atoms with van der Waals surface area (Å²) < 4.78 is 25.7. The van der Waals surface area contributed by atoms with Crippen LogP contribution in [0.3, 0.4) is 0 Å². The van der Waals surface area contributed by atoms with Crippen LogP contribution in [0.4, 0.5) is 8.78 Å². The second-order valence-electron chi connectivity index (χ2n) is 3.73. The van der Waals surface area contributed by atoms with E-state index < -0.39 is 12.4 Å². The van der Waals surface area contributed by atoms with Crippen LogP contribution < -0.4 is 0 Å². The molecule has 0 aliphatic carbocycles. The third-order valence-corrected chi connectivity index (χ3v) is 2.66. The molecule has 0 spiro atoms. The number of alkyl halides is 3. The van der Waals surface area contributed by atoms with Crippen molar-refractivity contribution in [3.8, 4) is 0 Å². The molecule has 5 heteroatoms. The SMILES string of the molecule is O=C(O)/C=C/c1ccc(CCCCl)cc1C(F)F. The van der Waals surface area contributed by atoms with Crippen molar-refractivity contribution in [3.63, 3.8) is 0 Å². The Morgan fingerprint density at radius 3 is 2.72 bits per heavy atom. The Balaban J connectivity index is 3.00. The smallest absolute Gasteiger partial charge is 0.328 e. The van der Waals surface area contributed by atoms with Gasteiger partial charge in [0.25, 0.3) is 6.43 Å². The van der Waals surface area contributed by atoms with E-state index in [0.717, 1.165) is 11.6 Å². The topological polar surface area (TPSA) is 37.3 Å². The minimum atomic E-state index is -2.63. The predicted molar refractivity (Wildman–Crippen MR) is 67.1 cm³/mol. The molecular formula is C13H13ClF2O2. The summed E-state index contributed by atoms with van der Waals surface area (Å²) in [5.74, 6) is -0.688. The molecule has 98 valence electrons. The molecule has 0 atom stereocenters. The Hall–Kier alpha value is -1.42. The van der Waals surface area contributed by atoms with Crippen molar-refractivity contribution in [2.45, 2.75) is 19.3 Å². The molecule has 18 heavy (non-hydrogen) atoms. The Morgan fingerprint density at radius 1 is 1.44 bits per heavy atom. The van der Waals surface area contributed by atoms with Gasteiger partial charge in [-0.25, -0.2) is 13.6 Å².